The van der Waals surface area contributed by atoms with Gasteiger partial charge < -0.3 is 9.64 Å². The van der Waals surface area contributed by atoms with Gasteiger partial charge in [0.25, 0.3) is 0 Å². The molecule has 29 heavy (non-hydrogen) atoms. The van der Waals surface area contributed by atoms with Crippen LogP contribution in [0, 0.1) is 6.92 Å². The SMILES string of the molecule is Cc1ccc(-c2ccc(Cc3ccc(N4CCOCC4)cc3)c3nccn23)cc1. The van der Waals surface area contributed by atoms with Gasteiger partial charge in [-0.1, -0.05) is 48.0 Å². The molecule has 3 heterocycles. The van der Waals surface area contributed by atoms with E-state index in [0.717, 1.165) is 38.4 Å². The molecular formula is C25H25N3O. The standard InChI is InChI=1S/C25H25N3O/c1-19-2-6-21(7-3-19)24-11-8-22(25-26-12-13-28(24)25)18-20-4-9-23(10-5-20)27-14-16-29-17-15-27/h2-13H,14-18H2,1H3. The topological polar surface area (TPSA) is 29.8 Å². The maximum absolute atomic E-state index is 5.45. The number of anilines is 1. The Labute approximate surface area is 171 Å². The first-order valence-electron chi connectivity index (χ1n) is 10.2. The van der Waals surface area contributed by atoms with Crippen molar-refractivity contribution in [3.05, 3.63) is 89.7 Å². The second kappa shape index (κ2) is 7.72. The quantitative estimate of drug-likeness (QED) is 0.510. The van der Waals surface area contributed by atoms with Crippen molar-refractivity contribution in [2.45, 2.75) is 13.3 Å². The molecule has 4 heteroatoms. The van der Waals surface area contributed by atoms with Crippen molar-refractivity contribution >= 4 is 11.3 Å². The average molecular weight is 383 g/mol. The van der Waals surface area contributed by atoms with Gasteiger partial charge in [-0.15, -0.1) is 0 Å². The Balaban J connectivity index is 1.42. The second-order valence-electron chi connectivity index (χ2n) is 7.67. The number of morpholine rings is 1. The van der Waals surface area contributed by atoms with Gasteiger partial charge in [0, 0.05) is 37.6 Å². The summed E-state index contributed by atoms with van der Waals surface area (Å²) in [6.45, 7) is 5.67. The van der Waals surface area contributed by atoms with E-state index in [2.05, 4.69) is 88.1 Å². The van der Waals surface area contributed by atoms with E-state index in [-0.39, 0.29) is 0 Å². The van der Waals surface area contributed by atoms with Crippen LogP contribution in [-0.2, 0) is 11.2 Å². The Morgan fingerprint density at radius 3 is 2.41 bits per heavy atom. The minimum Gasteiger partial charge on any atom is -0.378 e. The molecule has 1 saturated heterocycles. The summed E-state index contributed by atoms with van der Waals surface area (Å²) in [6, 6.07) is 22.0. The van der Waals surface area contributed by atoms with Crippen molar-refractivity contribution in [1.29, 1.82) is 0 Å². The van der Waals surface area contributed by atoms with Crippen molar-refractivity contribution in [2.24, 2.45) is 0 Å². The summed E-state index contributed by atoms with van der Waals surface area (Å²) >= 11 is 0. The number of nitrogens with zero attached hydrogens (tertiary/aromatic N) is 3. The molecule has 0 unspecified atom stereocenters. The van der Waals surface area contributed by atoms with Gasteiger partial charge in [-0.25, -0.2) is 4.98 Å². The fraction of sp³-hybridized carbons (Fsp3) is 0.240. The maximum Gasteiger partial charge on any atom is 0.140 e. The van der Waals surface area contributed by atoms with Crippen LogP contribution in [0.5, 0.6) is 0 Å². The summed E-state index contributed by atoms with van der Waals surface area (Å²) in [5.41, 5.74) is 8.50. The number of ether oxygens (including phenoxy) is 1. The van der Waals surface area contributed by atoms with Crippen molar-refractivity contribution < 1.29 is 4.74 Å². The molecule has 1 aliphatic rings. The van der Waals surface area contributed by atoms with Crippen LogP contribution >= 0.6 is 0 Å². The van der Waals surface area contributed by atoms with Crippen LogP contribution in [-0.4, -0.2) is 35.7 Å². The van der Waals surface area contributed by atoms with Crippen LogP contribution in [0.1, 0.15) is 16.7 Å². The summed E-state index contributed by atoms with van der Waals surface area (Å²) < 4.78 is 7.65. The number of benzene rings is 2. The Bertz CT molecular complexity index is 1110. The van der Waals surface area contributed by atoms with Gasteiger partial charge in [0.15, 0.2) is 0 Å². The maximum atomic E-state index is 5.45. The monoisotopic (exact) mass is 383 g/mol. The first kappa shape index (κ1) is 18.0. The zero-order chi connectivity index (χ0) is 19.6. The predicted molar refractivity (Wildman–Crippen MR) is 118 cm³/mol. The molecule has 0 spiro atoms. The van der Waals surface area contributed by atoms with Crippen molar-refractivity contribution in [2.75, 3.05) is 31.2 Å². The highest BCUT2D eigenvalue weighted by Gasteiger charge is 2.12. The molecule has 0 amide bonds. The van der Waals surface area contributed by atoms with Gasteiger partial charge in [0.1, 0.15) is 5.65 Å². The molecule has 0 atom stereocenters. The molecule has 2 aromatic heterocycles. The molecule has 4 nitrogen and oxygen atoms in total. The molecule has 0 radical (unpaired) electrons. The Kier molecular flexibility index (Phi) is 4.78. The summed E-state index contributed by atoms with van der Waals surface area (Å²) in [4.78, 5) is 7.04. The number of pyridine rings is 1. The lowest BCUT2D eigenvalue weighted by molar-refractivity contribution is 0.122. The summed E-state index contributed by atoms with van der Waals surface area (Å²) in [6.07, 6.45) is 4.81. The lowest BCUT2D eigenvalue weighted by Gasteiger charge is -2.28. The lowest BCUT2D eigenvalue weighted by Crippen LogP contribution is -2.36. The minimum absolute atomic E-state index is 0.812. The largest absolute Gasteiger partial charge is 0.378 e. The third-order valence-corrected chi connectivity index (χ3v) is 5.68. The summed E-state index contributed by atoms with van der Waals surface area (Å²) in [5, 5.41) is 0. The van der Waals surface area contributed by atoms with Crippen LogP contribution in [0.4, 0.5) is 5.69 Å². The van der Waals surface area contributed by atoms with E-state index < -0.39 is 0 Å². The van der Waals surface area contributed by atoms with Crippen LogP contribution in [0.3, 0.4) is 0 Å². The third-order valence-electron chi connectivity index (χ3n) is 5.68. The first-order valence-corrected chi connectivity index (χ1v) is 10.2. The molecule has 146 valence electrons. The zero-order valence-corrected chi connectivity index (χ0v) is 16.7. The smallest absolute Gasteiger partial charge is 0.140 e. The number of rotatable bonds is 4. The number of hydrogen-bond donors (Lipinski definition) is 0. The van der Waals surface area contributed by atoms with Crippen molar-refractivity contribution in [1.82, 2.24) is 9.38 Å². The van der Waals surface area contributed by atoms with Gasteiger partial charge in [-0.2, -0.15) is 0 Å². The Hall–Kier alpha value is -3.11. The molecule has 1 fully saturated rings. The fourth-order valence-electron chi connectivity index (χ4n) is 4.03. The molecule has 0 saturated carbocycles. The van der Waals surface area contributed by atoms with E-state index >= 15 is 0 Å². The highest BCUT2D eigenvalue weighted by molar-refractivity contribution is 5.66. The Morgan fingerprint density at radius 2 is 1.66 bits per heavy atom. The minimum atomic E-state index is 0.812. The summed E-state index contributed by atoms with van der Waals surface area (Å²) in [7, 11) is 0. The van der Waals surface area contributed by atoms with Crippen molar-refractivity contribution in [3.8, 4) is 11.3 Å². The van der Waals surface area contributed by atoms with E-state index in [4.69, 9.17) is 4.74 Å². The van der Waals surface area contributed by atoms with Crippen LogP contribution in [0.25, 0.3) is 16.9 Å². The number of fused-ring (bicyclic) bond motifs is 1. The van der Waals surface area contributed by atoms with Crippen LogP contribution < -0.4 is 4.90 Å². The number of imidazole rings is 1. The van der Waals surface area contributed by atoms with Gasteiger partial charge in [-0.05, 0) is 41.8 Å². The lowest BCUT2D eigenvalue weighted by atomic mass is 10.0. The molecule has 0 bridgehead atoms. The molecule has 0 N–H and O–H groups in total. The van der Waals surface area contributed by atoms with Gasteiger partial charge in [-0.3, -0.25) is 4.40 Å². The van der Waals surface area contributed by atoms with Gasteiger partial charge in [0.05, 0.1) is 18.9 Å². The van der Waals surface area contributed by atoms with Gasteiger partial charge in [0.2, 0.25) is 0 Å². The fourth-order valence-corrected chi connectivity index (χ4v) is 4.03. The molecule has 1 aliphatic heterocycles. The first-order chi connectivity index (χ1) is 14.3. The van der Waals surface area contributed by atoms with E-state index in [1.807, 2.05) is 6.20 Å². The number of hydrogen-bond acceptors (Lipinski definition) is 3. The average Bonchev–Trinajstić information content (AvgIpc) is 3.26. The van der Waals surface area contributed by atoms with Crippen molar-refractivity contribution in [3.63, 3.8) is 0 Å². The number of aromatic nitrogens is 2. The normalized spacial score (nSPS) is 14.4. The van der Waals surface area contributed by atoms with Crippen LogP contribution in [0.15, 0.2) is 73.1 Å². The zero-order valence-electron chi connectivity index (χ0n) is 16.7. The number of aryl methyl sites for hydroxylation is 1. The highest BCUT2D eigenvalue weighted by Crippen LogP contribution is 2.25. The van der Waals surface area contributed by atoms with Crippen LogP contribution in [0.2, 0.25) is 0 Å². The Morgan fingerprint density at radius 1 is 0.897 bits per heavy atom. The second-order valence-corrected chi connectivity index (χ2v) is 7.67. The van der Waals surface area contributed by atoms with Gasteiger partial charge >= 0.3 is 0 Å². The van der Waals surface area contributed by atoms with E-state index in [9.17, 15) is 0 Å². The molecule has 0 aliphatic carbocycles. The molecule has 5 rings (SSSR count). The van der Waals surface area contributed by atoms with E-state index in [1.165, 1.54) is 33.6 Å². The highest BCUT2D eigenvalue weighted by atomic mass is 16.5. The molecular weight excluding hydrogens is 358 g/mol. The van der Waals surface area contributed by atoms with E-state index in [0.29, 0.717) is 0 Å². The predicted octanol–water partition coefficient (Wildman–Crippen LogP) is 4.74. The summed E-state index contributed by atoms with van der Waals surface area (Å²) in [5.74, 6) is 0. The van der Waals surface area contributed by atoms with E-state index in [1.54, 1.807) is 0 Å². The molecule has 4 aromatic rings. The molecule has 2 aromatic carbocycles. The third kappa shape index (κ3) is 3.64.